The largest absolute Gasteiger partial charge is 0.337 e. The molecule has 1 aromatic carbocycles. The molecule has 1 aromatic heterocycles. The fourth-order valence-corrected chi connectivity index (χ4v) is 3.28. The molecule has 1 aliphatic carbocycles. The third-order valence-electron chi connectivity index (χ3n) is 4.33. The summed E-state index contributed by atoms with van der Waals surface area (Å²) in [5.41, 5.74) is 1.67. The van der Waals surface area contributed by atoms with Crippen molar-refractivity contribution in [3.63, 3.8) is 0 Å². The van der Waals surface area contributed by atoms with Crippen LogP contribution in [-0.4, -0.2) is 9.97 Å². The van der Waals surface area contributed by atoms with Crippen LogP contribution in [0.3, 0.4) is 0 Å². The molecule has 0 saturated carbocycles. The smallest absolute Gasteiger partial charge is 0.174 e. The second kappa shape index (κ2) is 5.02. The molecule has 3 rings (SSSR count). The Balaban J connectivity index is 2.17. The van der Waals surface area contributed by atoms with E-state index >= 15 is 0 Å². The van der Waals surface area contributed by atoms with Crippen molar-refractivity contribution in [2.75, 3.05) is 0 Å². The van der Waals surface area contributed by atoms with E-state index in [4.69, 9.17) is 12.2 Å². The average molecular weight is 288 g/mol. The molecule has 2 atom stereocenters. The number of rotatable bonds is 3. The summed E-state index contributed by atoms with van der Waals surface area (Å²) in [4.78, 5) is 6.24. The zero-order chi connectivity index (χ0) is 14.2. The lowest BCUT2D eigenvalue weighted by Gasteiger charge is -2.34. The van der Waals surface area contributed by atoms with Gasteiger partial charge in [0, 0.05) is 17.3 Å². The van der Waals surface area contributed by atoms with Gasteiger partial charge in [-0.3, -0.25) is 0 Å². The first kappa shape index (κ1) is 13.3. The van der Waals surface area contributed by atoms with Gasteiger partial charge in [0.25, 0.3) is 0 Å². The van der Waals surface area contributed by atoms with E-state index in [0.717, 1.165) is 24.1 Å². The number of aromatic amines is 2. The molecule has 0 saturated heterocycles. The molecule has 2 N–H and O–H groups in total. The van der Waals surface area contributed by atoms with Crippen LogP contribution in [0.4, 0.5) is 4.39 Å². The third kappa shape index (κ3) is 2.14. The Morgan fingerprint density at radius 2 is 2.25 bits per heavy atom. The predicted molar refractivity (Wildman–Crippen MR) is 80.7 cm³/mol. The van der Waals surface area contributed by atoms with Crippen LogP contribution in [0.25, 0.3) is 0 Å². The molecule has 2 aromatic rings. The van der Waals surface area contributed by atoms with Gasteiger partial charge in [-0.25, -0.2) is 4.39 Å². The molecule has 1 heterocycles. The molecule has 0 amide bonds. The van der Waals surface area contributed by atoms with Gasteiger partial charge in [-0.2, -0.15) is 0 Å². The summed E-state index contributed by atoms with van der Waals surface area (Å²) in [6.45, 7) is 2.15. The van der Waals surface area contributed by atoms with Crippen molar-refractivity contribution in [2.45, 2.75) is 25.2 Å². The van der Waals surface area contributed by atoms with E-state index < -0.39 is 0 Å². The van der Waals surface area contributed by atoms with E-state index in [1.807, 2.05) is 12.3 Å². The summed E-state index contributed by atoms with van der Waals surface area (Å²) in [5.74, 6) is 0.135. The van der Waals surface area contributed by atoms with Crippen LogP contribution in [-0.2, 0) is 5.41 Å². The summed E-state index contributed by atoms with van der Waals surface area (Å²) in [5, 5.41) is 0. The van der Waals surface area contributed by atoms with Crippen molar-refractivity contribution in [1.29, 1.82) is 0 Å². The van der Waals surface area contributed by atoms with Crippen LogP contribution >= 0.6 is 12.2 Å². The van der Waals surface area contributed by atoms with E-state index in [-0.39, 0.29) is 11.2 Å². The maximum atomic E-state index is 13.6. The number of H-pyrrole nitrogens is 2. The van der Waals surface area contributed by atoms with E-state index in [9.17, 15) is 4.39 Å². The molecule has 4 heteroatoms. The minimum atomic E-state index is -0.303. The minimum Gasteiger partial charge on any atom is -0.337 e. The molecule has 0 radical (unpaired) electrons. The number of hydrogen-bond donors (Lipinski definition) is 2. The molecular weight excluding hydrogens is 271 g/mol. The second-order valence-corrected chi connectivity index (χ2v) is 5.89. The second-order valence-electron chi connectivity index (χ2n) is 5.48. The highest BCUT2D eigenvalue weighted by Gasteiger charge is 2.38. The van der Waals surface area contributed by atoms with Gasteiger partial charge in [-0.15, -0.1) is 0 Å². The van der Waals surface area contributed by atoms with Gasteiger partial charge in [0.05, 0.1) is 0 Å². The number of hydrogen-bond acceptors (Lipinski definition) is 1. The third-order valence-corrected chi connectivity index (χ3v) is 4.55. The zero-order valence-electron chi connectivity index (χ0n) is 11.3. The Bertz CT molecular complexity index is 700. The van der Waals surface area contributed by atoms with Crippen molar-refractivity contribution in [1.82, 2.24) is 9.97 Å². The summed E-state index contributed by atoms with van der Waals surface area (Å²) in [7, 11) is 0. The predicted octanol–water partition coefficient (Wildman–Crippen LogP) is 4.48. The first-order chi connectivity index (χ1) is 9.60. The van der Waals surface area contributed by atoms with E-state index in [1.165, 1.54) is 6.07 Å². The monoisotopic (exact) mass is 288 g/mol. The molecule has 2 nitrogen and oxygen atoms in total. The van der Waals surface area contributed by atoms with Crippen molar-refractivity contribution < 1.29 is 4.39 Å². The van der Waals surface area contributed by atoms with Gasteiger partial charge in [-0.1, -0.05) is 24.3 Å². The highest BCUT2D eigenvalue weighted by atomic mass is 32.1. The Morgan fingerprint density at radius 3 is 2.85 bits per heavy atom. The lowest BCUT2D eigenvalue weighted by molar-refractivity contribution is 0.398. The molecule has 104 valence electrons. The maximum absolute atomic E-state index is 13.6. The van der Waals surface area contributed by atoms with Gasteiger partial charge >= 0.3 is 0 Å². The standard InChI is InChI=1S/C16H17FN2S/c1-16(11-5-2-3-6-11,14-10-18-15(20)19-14)12-7-4-8-13(17)9-12/h2,4-5,7-11H,3,6H2,1H3,(H2,18,19,20). The molecule has 0 aliphatic heterocycles. The topological polar surface area (TPSA) is 31.6 Å². The fraction of sp³-hybridized carbons (Fsp3) is 0.312. The number of benzene rings is 1. The number of allylic oxidation sites excluding steroid dienone is 2. The van der Waals surface area contributed by atoms with Gasteiger partial charge in [-0.05, 0) is 55.6 Å². The Hall–Kier alpha value is -1.68. The SMILES string of the molecule is CC(c1cccc(F)c1)(c1c[nH]c(=S)[nH]1)C1C=CCC1. The molecule has 2 unspecified atom stereocenters. The molecule has 1 aliphatic rings. The van der Waals surface area contributed by atoms with E-state index in [2.05, 4.69) is 29.0 Å². The highest BCUT2D eigenvalue weighted by Crippen LogP contribution is 2.43. The summed E-state index contributed by atoms with van der Waals surface area (Å²) < 4.78 is 14.3. The first-order valence-electron chi connectivity index (χ1n) is 6.81. The van der Waals surface area contributed by atoms with Crippen LogP contribution in [0.2, 0.25) is 0 Å². The van der Waals surface area contributed by atoms with Crippen LogP contribution in [0, 0.1) is 16.5 Å². The summed E-state index contributed by atoms with van der Waals surface area (Å²) in [6, 6.07) is 6.85. The van der Waals surface area contributed by atoms with Gasteiger partial charge in [0.1, 0.15) is 5.82 Å². The van der Waals surface area contributed by atoms with E-state index in [0.29, 0.717) is 10.7 Å². The molecule has 0 fully saturated rings. The quantitative estimate of drug-likeness (QED) is 0.633. The van der Waals surface area contributed by atoms with Gasteiger partial charge < -0.3 is 9.97 Å². The van der Waals surface area contributed by atoms with Crippen molar-refractivity contribution in [3.8, 4) is 0 Å². The van der Waals surface area contributed by atoms with Crippen molar-refractivity contribution in [3.05, 3.63) is 64.5 Å². The number of nitrogens with one attached hydrogen (secondary N) is 2. The Morgan fingerprint density at radius 1 is 1.40 bits per heavy atom. The van der Waals surface area contributed by atoms with Crippen LogP contribution in [0.15, 0.2) is 42.6 Å². The van der Waals surface area contributed by atoms with Crippen LogP contribution in [0.1, 0.15) is 31.0 Å². The molecular formula is C16H17FN2S. The fourth-order valence-electron chi connectivity index (χ4n) is 3.11. The van der Waals surface area contributed by atoms with Crippen molar-refractivity contribution >= 4 is 12.2 Å². The lowest BCUT2D eigenvalue weighted by atomic mass is 9.69. The van der Waals surface area contributed by atoms with Gasteiger partial charge in [0.2, 0.25) is 0 Å². The minimum absolute atomic E-state index is 0.204. The van der Waals surface area contributed by atoms with Crippen LogP contribution in [0.5, 0.6) is 0 Å². The van der Waals surface area contributed by atoms with E-state index in [1.54, 1.807) is 12.1 Å². The molecule has 0 spiro atoms. The Kier molecular flexibility index (Phi) is 3.34. The normalized spacial score (nSPS) is 21.0. The summed E-state index contributed by atoms with van der Waals surface area (Å²) in [6.07, 6.45) is 8.47. The number of imidazole rings is 1. The van der Waals surface area contributed by atoms with Crippen molar-refractivity contribution in [2.24, 2.45) is 5.92 Å². The molecule has 0 bridgehead atoms. The van der Waals surface area contributed by atoms with Crippen LogP contribution < -0.4 is 0 Å². The zero-order valence-corrected chi connectivity index (χ0v) is 12.1. The van der Waals surface area contributed by atoms with Gasteiger partial charge in [0.15, 0.2) is 4.77 Å². The molecule has 20 heavy (non-hydrogen) atoms. The maximum Gasteiger partial charge on any atom is 0.174 e. The lowest BCUT2D eigenvalue weighted by Crippen LogP contribution is -2.32. The average Bonchev–Trinajstić information content (AvgIpc) is 3.09. The highest BCUT2D eigenvalue weighted by molar-refractivity contribution is 7.71. The summed E-state index contributed by atoms with van der Waals surface area (Å²) >= 11 is 5.15. The number of aromatic nitrogens is 2. The Labute approximate surface area is 122 Å². The number of halogens is 1. The first-order valence-corrected chi connectivity index (χ1v) is 7.22.